The minimum Gasteiger partial charge on any atom is -0.456 e. The first kappa shape index (κ1) is 30.0. The highest BCUT2D eigenvalue weighted by atomic mass is 32.1. The number of allylic oxidation sites excluding steroid dienone is 4. The molecular weight excluding hydrogens is 673 g/mol. The van der Waals surface area contributed by atoms with Gasteiger partial charge in [0.2, 0.25) is 0 Å². The third-order valence-corrected chi connectivity index (χ3v) is 12.9. The molecule has 0 N–H and O–H groups in total. The third-order valence-electron chi connectivity index (χ3n) is 11.7. The standard InChI is InChI=1S/C52H32OS/c1-2-12-31(13-3-1)34-26-27-41(36-15-5-4-14-35(34)36)50-39-18-8-6-16-37(39)48(38-17-7-9-19-40(38)50)33-24-29-47-44(30-33)42-25-22-32-23-28-46-51(49(32)52(42)54-47)43-20-10-11-21-45(43)53-46/h1-2,4-12,14-30H,3,13H2. The van der Waals surface area contributed by atoms with Crippen molar-refractivity contribution in [3.63, 3.8) is 0 Å². The van der Waals surface area contributed by atoms with Gasteiger partial charge in [-0.3, -0.25) is 0 Å². The summed E-state index contributed by atoms with van der Waals surface area (Å²) in [5.41, 5.74) is 9.75. The number of furan rings is 1. The average Bonchev–Trinajstić information content (AvgIpc) is 3.81. The number of thiophene rings is 1. The van der Waals surface area contributed by atoms with Gasteiger partial charge in [-0.15, -0.1) is 11.3 Å². The number of benzene rings is 9. The monoisotopic (exact) mass is 704 g/mol. The molecule has 0 saturated heterocycles. The quantitative estimate of drug-likeness (QED) is 0.167. The average molecular weight is 705 g/mol. The normalized spacial score (nSPS) is 13.4. The molecule has 9 aromatic carbocycles. The summed E-state index contributed by atoms with van der Waals surface area (Å²) in [4.78, 5) is 0. The van der Waals surface area contributed by atoms with E-state index in [-0.39, 0.29) is 0 Å². The highest BCUT2D eigenvalue weighted by molar-refractivity contribution is 7.26. The molecule has 0 saturated carbocycles. The molecule has 0 atom stereocenters. The fraction of sp³-hybridized carbons (Fsp3) is 0.0385. The zero-order valence-corrected chi connectivity index (χ0v) is 30.2. The van der Waals surface area contributed by atoms with E-state index in [1.165, 1.54) is 107 Å². The van der Waals surface area contributed by atoms with Crippen molar-refractivity contribution in [1.29, 1.82) is 0 Å². The van der Waals surface area contributed by atoms with Gasteiger partial charge in [-0.25, -0.2) is 0 Å². The van der Waals surface area contributed by atoms with E-state index in [1.807, 2.05) is 11.3 Å². The van der Waals surface area contributed by atoms with E-state index in [0.29, 0.717) is 0 Å². The Morgan fingerprint density at radius 3 is 1.85 bits per heavy atom. The molecule has 54 heavy (non-hydrogen) atoms. The van der Waals surface area contributed by atoms with Crippen LogP contribution in [0.3, 0.4) is 0 Å². The highest BCUT2D eigenvalue weighted by Crippen LogP contribution is 2.49. The SMILES string of the molecule is C1=CCCC(c2ccc(-c3c4ccccc4c(-c4ccc5sc6c(ccc7ccc8oc9ccccc9c8c76)c5c4)c4ccccc34)c3ccccc23)=C1. The summed E-state index contributed by atoms with van der Waals surface area (Å²) >= 11 is 1.89. The minimum absolute atomic E-state index is 0.936. The summed E-state index contributed by atoms with van der Waals surface area (Å²) in [5.74, 6) is 0. The molecule has 0 amide bonds. The number of rotatable bonds is 3. The van der Waals surface area contributed by atoms with Crippen LogP contribution in [0, 0.1) is 0 Å². The van der Waals surface area contributed by atoms with Crippen molar-refractivity contribution in [3.05, 3.63) is 175 Å². The molecule has 2 heterocycles. The van der Waals surface area contributed by atoms with Crippen LogP contribution < -0.4 is 0 Å². The van der Waals surface area contributed by atoms with Crippen LogP contribution in [0.1, 0.15) is 18.4 Å². The maximum absolute atomic E-state index is 6.34. The van der Waals surface area contributed by atoms with Crippen molar-refractivity contribution in [2.24, 2.45) is 0 Å². The zero-order valence-electron chi connectivity index (χ0n) is 29.4. The molecule has 0 fully saturated rings. The van der Waals surface area contributed by atoms with Gasteiger partial charge in [0, 0.05) is 36.3 Å². The molecule has 1 aliphatic rings. The van der Waals surface area contributed by atoms with Gasteiger partial charge in [0.25, 0.3) is 0 Å². The number of fused-ring (bicyclic) bond motifs is 12. The molecule has 0 unspecified atom stereocenters. The molecule has 0 spiro atoms. The van der Waals surface area contributed by atoms with E-state index in [0.717, 1.165) is 24.0 Å². The van der Waals surface area contributed by atoms with Crippen LogP contribution in [0.25, 0.3) is 113 Å². The maximum Gasteiger partial charge on any atom is 0.136 e. The molecule has 0 bridgehead atoms. The van der Waals surface area contributed by atoms with Gasteiger partial charge in [0.1, 0.15) is 11.2 Å². The predicted octanol–water partition coefficient (Wildman–Crippen LogP) is 15.6. The van der Waals surface area contributed by atoms with Gasteiger partial charge in [-0.1, -0.05) is 146 Å². The van der Waals surface area contributed by atoms with Crippen molar-refractivity contribution >= 4 is 102 Å². The van der Waals surface area contributed by atoms with E-state index in [1.54, 1.807) is 0 Å². The Labute approximate surface area is 315 Å². The second-order valence-electron chi connectivity index (χ2n) is 14.6. The van der Waals surface area contributed by atoms with Crippen molar-refractivity contribution in [3.8, 4) is 22.3 Å². The predicted molar refractivity (Wildman–Crippen MR) is 234 cm³/mol. The third kappa shape index (κ3) is 4.26. The summed E-state index contributed by atoms with van der Waals surface area (Å²) in [6, 6.07) is 56.3. The highest BCUT2D eigenvalue weighted by Gasteiger charge is 2.21. The van der Waals surface area contributed by atoms with Crippen LogP contribution in [-0.2, 0) is 0 Å². The first-order chi connectivity index (χ1) is 26.8. The van der Waals surface area contributed by atoms with Gasteiger partial charge >= 0.3 is 0 Å². The Hall–Kier alpha value is -6.48. The van der Waals surface area contributed by atoms with Gasteiger partial charge in [0.05, 0.1) is 0 Å². The van der Waals surface area contributed by atoms with Crippen LogP contribution >= 0.6 is 11.3 Å². The van der Waals surface area contributed by atoms with Crippen LogP contribution in [0.2, 0.25) is 0 Å². The molecule has 2 aromatic heterocycles. The van der Waals surface area contributed by atoms with E-state index in [4.69, 9.17) is 4.42 Å². The molecule has 1 nitrogen and oxygen atoms in total. The second-order valence-corrected chi connectivity index (χ2v) is 15.6. The summed E-state index contributed by atoms with van der Waals surface area (Å²) < 4.78 is 8.96. The lowest BCUT2D eigenvalue weighted by Gasteiger charge is -2.20. The number of para-hydroxylation sites is 1. The molecule has 0 aliphatic heterocycles. The Bertz CT molecular complexity index is 3390. The first-order valence-corrected chi connectivity index (χ1v) is 19.6. The van der Waals surface area contributed by atoms with E-state index >= 15 is 0 Å². The fourth-order valence-corrected chi connectivity index (χ4v) is 10.6. The molecular formula is C52H32OS. The van der Waals surface area contributed by atoms with E-state index in [2.05, 4.69) is 170 Å². The van der Waals surface area contributed by atoms with Crippen molar-refractivity contribution < 1.29 is 4.42 Å². The minimum atomic E-state index is 0.936. The Morgan fingerprint density at radius 1 is 0.463 bits per heavy atom. The van der Waals surface area contributed by atoms with Crippen molar-refractivity contribution in [1.82, 2.24) is 0 Å². The van der Waals surface area contributed by atoms with Crippen molar-refractivity contribution in [2.45, 2.75) is 12.8 Å². The van der Waals surface area contributed by atoms with Crippen LogP contribution in [0.15, 0.2) is 174 Å². The Balaban J connectivity index is 1.12. The molecule has 0 radical (unpaired) electrons. The lowest BCUT2D eigenvalue weighted by Crippen LogP contribution is -1.94. The molecule has 1 aliphatic carbocycles. The van der Waals surface area contributed by atoms with Crippen LogP contribution in [0.4, 0.5) is 0 Å². The van der Waals surface area contributed by atoms with Crippen LogP contribution in [-0.4, -0.2) is 0 Å². The van der Waals surface area contributed by atoms with Gasteiger partial charge in [0.15, 0.2) is 0 Å². The smallest absolute Gasteiger partial charge is 0.136 e. The Kier molecular flexibility index (Phi) is 6.40. The first-order valence-electron chi connectivity index (χ1n) is 18.8. The lowest BCUT2D eigenvalue weighted by molar-refractivity contribution is 0.669. The fourth-order valence-electron chi connectivity index (χ4n) is 9.37. The van der Waals surface area contributed by atoms with Crippen LogP contribution in [0.5, 0.6) is 0 Å². The van der Waals surface area contributed by atoms with Crippen molar-refractivity contribution in [2.75, 3.05) is 0 Å². The topological polar surface area (TPSA) is 13.1 Å². The lowest BCUT2D eigenvalue weighted by atomic mass is 9.83. The summed E-state index contributed by atoms with van der Waals surface area (Å²) in [6.45, 7) is 0. The Morgan fingerprint density at radius 2 is 1.11 bits per heavy atom. The summed E-state index contributed by atoms with van der Waals surface area (Å²) in [6.07, 6.45) is 8.93. The van der Waals surface area contributed by atoms with Gasteiger partial charge in [-0.05, 0) is 108 Å². The van der Waals surface area contributed by atoms with Gasteiger partial charge < -0.3 is 4.42 Å². The number of hydrogen-bond donors (Lipinski definition) is 0. The maximum atomic E-state index is 6.34. The summed E-state index contributed by atoms with van der Waals surface area (Å²) in [7, 11) is 0. The second kappa shape index (κ2) is 11.5. The largest absolute Gasteiger partial charge is 0.456 e. The van der Waals surface area contributed by atoms with E-state index in [9.17, 15) is 0 Å². The molecule has 11 aromatic rings. The number of hydrogen-bond acceptors (Lipinski definition) is 2. The molecule has 252 valence electrons. The molecule has 2 heteroatoms. The van der Waals surface area contributed by atoms with Gasteiger partial charge in [-0.2, -0.15) is 0 Å². The summed E-state index contributed by atoms with van der Waals surface area (Å²) in [5, 5.41) is 15.2. The zero-order chi connectivity index (χ0) is 35.3. The van der Waals surface area contributed by atoms with E-state index < -0.39 is 0 Å². The molecule has 12 rings (SSSR count).